The van der Waals surface area contributed by atoms with Gasteiger partial charge in [0.1, 0.15) is 11.2 Å². The van der Waals surface area contributed by atoms with Gasteiger partial charge < -0.3 is 5.11 Å². The third kappa shape index (κ3) is 1.94. The van der Waals surface area contributed by atoms with E-state index in [0.29, 0.717) is 18.7 Å². The second-order valence-electron chi connectivity index (χ2n) is 5.79. The number of carboxylic acids is 1. The van der Waals surface area contributed by atoms with Crippen molar-refractivity contribution in [1.82, 2.24) is 9.55 Å². The number of hydrogen-bond donors (Lipinski definition) is 1. The molecule has 4 rings (SSSR count). The van der Waals surface area contributed by atoms with Gasteiger partial charge in [0, 0.05) is 16.6 Å². The molecule has 1 aliphatic heterocycles. The number of carbonyl (C=O) groups is 1. The van der Waals surface area contributed by atoms with Crippen molar-refractivity contribution in [2.45, 2.75) is 25.3 Å². The third-order valence-electron chi connectivity index (χ3n) is 4.45. The van der Waals surface area contributed by atoms with E-state index in [9.17, 15) is 14.7 Å². The Kier molecular flexibility index (Phi) is 2.84. The Balaban J connectivity index is 1.63. The van der Waals surface area contributed by atoms with E-state index in [4.69, 9.17) is 0 Å². The van der Waals surface area contributed by atoms with Gasteiger partial charge in [0.25, 0.3) is 5.56 Å². The maximum atomic E-state index is 12.3. The monoisotopic (exact) mass is 314 g/mol. The Labute approximate surface area is 130 Å². The van der Waals surface area contributed by atoms with E-state index in [1.165, 1.54) is 9.44 Å². The molecule has 0 radical (unpaired) electrons. The quantitative estimate of drug-likeness (QED) is 0.938. The van der Waals surface area contributed by atoms with E-state index in [0.717, 1.165) is 12.1 Å². The first-order valence-electron chi connectivity index (χ1n) is 7.18. The van der Waals surface area contributed by atoms with Crippen LogP contribution in [0.4, 0.5) is 0 Å². The maximum absolute atomic E-state index is 12.3. The smallest absolute Gasteiger partial charge is 0.315 e. The van der Waals surface area contributed by atoms with Crippen LogP contribution in [0.2, 0.25) is 0 Å². The molecule has 2 aromatic heterocycles. The highest BCUT2D eigenvalue weighted by molar-refractivity contribution is 7.09. The topological polar surface area (TPSA) is 72.2 Å². The van der Waals surface area contributed by atoms with E-state index < -0.39 is 11.4 Å². The predicted octanol–water partition coefficient (Wildman–Crippen LogP) is 2.13. The minimum absolute atomic E-state index is 0.149. The Hall–Kier alpha value is -2.21. The van der Waals surface area contributed by atoms with Crippen LogP contribution in [0.25, 0.3) is 6.08 Å². The lowest BCUT2D eigenvalue weighted by Gasteiger charge is -2.17. The van der Waals surface area contributed by atoms with Crippen LogP contribution >= 0.6 is 11.3 Å². The van der Waals surface area contributed by atoms with Crippen LogP contribution in [0.15, 0.2) is 34.4 Å². The second-order valence-corrected chi connectivity index (χ2v) is 6.82. The van der Waals surface area contributed by atoms with Crippen LogP contribution in [-0.4, -0.2) is 20.6 Å². The van der Waals surface area contributed by atoms with Gasteiger partial charge in [-0.3, -0.25) is 14.2 Å². The summed E-state index contributed by atoms with van der Waals surface area (Å²) in [5, 5.41) is 11.3. The predicted molar refractivity (Wildman–Crippen MR) is 83.0 cm³/mol. The van der Waals surface area contributed by atoms with Crippen molar-refractivity contribution in [3.63, 3.8) is 0 Å². The number of aliphatic carboxylic acids is 1. The first-order chi connectivity index (χ1) is 10.6. The number of nitrogens with zero attached hydrogens (tertiary/aromatic N) is 2. The molecule has 1 N–H and O–H groups in total. The van der Waals surface area contributed by atoms with E-state index >= 15 is 0 Å². The van der Waals surface area contributed by atoms with E-state index in [1.54, 1.807) is 29.6 Å². The number of aromatic nitrogens is 2. The summed E-state index contributed by atoms with van der Waals surface area (Å²) in [6, 6.07) is 5.34. The van der Waals surface area contributed by atoms with Crippen LogP contribution in [0.5, 0.6) is 0 Å². The summed E-state index contributed by atoms with van der Waals surface area (Å²) in [7, 11) is 0. The highest BCUT2D eigenvalue weighted by atomic mass is 32.1. The Morgan fingerprint density at radius 3 is 3.09 bits per heavy atom. The van der Waals surface area contributed by atoms with Crippen LogP contribution < -0.4 is 5.56 Å². The lowest BCUT2D eigenvalue weighted by molar-refractivity contribution is -0.141. The Morgan fingerprint density at radius 2 is 2.36 bits per heavy atom. The zero-order valence-electron chi connectivity index (χ0n) is 11.7. The first-order valence-corrected chi connectivity index (χ1v) is 8.05. The van der Waals surface area contributed by atoms with Crippen molar-refractivity contribution in [3.05, 3.63) is 56.4 Å². The Morgan fingerprint density at radius 1 is 1.50 bits per heavy atom. The van der Waals surface area contributed by atoms with Crippen molar-refractivity contribution in [3.8, 4) is 0 Å². The normalized spacial score (nSPS) is 24.6. The van der Waals surface area contributed by atoms with Crippen molar-refractivity contribution in [1.29, 1.82) is 0 Å². The number of thiophene rings is 1. The summed E-state index contributed by atoms with van der Waals surface area (Å²) in [4.78, 5) is 29.5. The van der Waals surface area contributed by atoms with Crippen LogP contribution in [0, 0.1) is 5.41 Å². The molecule has 2 aromatic rings. The molecule has 5 nitrogen and oxygen atoms in total. The summed E-state index contributed by atoms with van der Waals surface area (Å²) >= 11 is 1.69. The van der Waals surface area contributed by atoms with Crippen molar-refractivity contribution in [2.24, 2.45) is 5.41 Å². The molecule has 2 atom stereocenters. The average molecular weight is 314 g/mol. The van der Waals surface area contributed by atoms with Gasteiger partial charge in [0.2, 0.25) is 0 Å². The Bertz CT molecular complexity index is 838. The molecule has 0 aromatic carbocycles. The molecule has 0 saturated heterocycles. The van der Waals surface area contributed by atoms with E-state index in [-0.39, 0.29) is 11.6 Å². The van der Waals surface area contributed by atoms with Gasteiger partial charge in [-0.2, -0.15) is 0 Å². The molecular formula is C16H14N2O3S. The molecule has 2 unspecified atom stereocenters. The number of aryl methyl sites for hydroxylation is 2. The minimum Gasteiger partial charge on any atom is -0.481 e. The molecule has 2 aliphatic rings. The fraction of sp³-hybridized carbons (Fsp3) is 0.312. The first kappa shape index (κ1) is 13.5. The van der Waals surface area contributed by atoms with Gasteiger partial charge in [0.05, 0.1) is 6.04 Å². The number of carboxylic acid groups (broad SMARTS) is 1. The van der Waals surface area contributed by atoms with Gasteiger partial charge in [-0.05, 0) is 36.8 Å². The molecule has 6 heteroatoms. The fourth-order valence-electron chi connectivity index (χ4n) is 3.11. The van der Waals surface area contributed by atoms with Gasteiger partial charge in [-0.1, -0.05) is 12.1 Å². The standard InChI is InChI=1S/C16H14N2O3S/c19-14-8-10(3-4-11-2-1-7-22-11)17-13-5-6-16(15(20)21)9-12(16)18(13)14/h1-2,5-8,12H,3-4,9H2,(H,20,21). The minimum atomic E-state index is -0.892. The van der Waals surface area contributed by atoms with Crippen LogP contribution in [0.1, 0.15) is 28.9 Å². The van der Waals surface area contributed by atoms with Crippen LogP contribution in [0.3, 0.4) is 0 Å². The molecule has 22 heavy (non-hydrogen) atoms. The maximum Gasteiger partial charge on any atom is 0.315 e. The van der Waals surface area contributed by atoms with Gasteiger partial charge in [0.15, 0.2) is 0 Å². The summed E-state index contributed by atoms with van der Waals surface area (Å²) in [6.45, 7) is 0. The zero-order valence-corrected chi connectivity index (χ0v) is 12.5. The van der Waals surface area contributed by atoms with Crippen molar-refractivity contribution in [2.75, 3.05) is 0 Å². The summed E-state index contributed by atoms with van der Waals surface area (Å²) < 4.78 is 1.53. The summed E-state index contributed by atoms with van der Waals surface area (Å²) in [6.07, 6.45) is 5.41. The summed E-state index contributed by atoms with van der Waals surface area (Å²) in [5.41, 5.74) is -0.279. The third-order valence-corrected chi connectivity index (χ3v) is 5.38. The molecule has 0 bridgehead atoms. The molecular weight excluding hydrogens is 300 g/mol. The highest BCUT2D eigenvalue weighted by Gasteiger charge is 2.62. The number of fused-ring (bicyclic) bond motifs is 3. The second kappa shape index (κ2) is 4.64. The molecule has 3 heterocycles. The van der Waals surface area contributed by atoms with Gasteiger partial charge in [-0.25, -0.2) is 4.98 Å². The van der Waals surface area contributed by atoms with Crippen LogP contribution in [-0.2, 0) is 17.6 Å². The largest absolute Gasteiger partial charge is 0.481 e. The molecule has 1 fully saturated rings. The molecule has 0 amide bonds. The number of hydrogen-bond acceptors (Lipinski definition) is 4. The zero-order chi connectivity index (χ0) is 15.3. The molecule has 112 valence electrons. The summed E-state index contributed by atoms with van der Waals surface area (Å²) in [5.74, 6) is -0.291. The molecule has 0 spiro atoms. The fourth-order valence-corrected chi connectivity index (χ4v) is 3.82. The molecule has 1 aliphatic carbocycles. The lowest BCUT2D eigenvalue weighted by Crippen LogP contribution is -2.30. The highest BCUT2D eigenvalue weighted by Crippen LogP contribution is 2.59. The SMILES string of the molecule is O=C(O)C12C=Cc3nc(CCc4cccs4)cc(=O)n3C1C2. The number of rotatable bonds is 4. The average Bonchev–Trinajstić information content (AvgIpc) is 3.03. The lowest BCUT2D eigenvalue weighted by atomic mass is 10.0. The van der Waals surface area contributed by atoms with E-state index in [1.807, 2.05) is 11.4 Å². The van der Waals surface area contributed by atoms with Crippen molar-refractivity contribution < 1.29 is 9.90 Å². The van der Waals surface area contributed by atoms with Crippen molar-refractivity contribution >= 4 is 23.4 Å². The van der Waals surface area contributed by atoms with Gasteiger partial charge >= 0.3 is 5.97 Å². The van der Waals surface area contributed by atoms with E-state index in [2.05, 4.69) is 11.1 Å². The molecule has 1 saturated carbocycles. The van der Waals surface area contributed by atoms with Gasteiger partial charge in [-0.15, -0.1) is 11.3 Å².